The van der Waals surface area contributed by atoms with E-state index in [2.05, 4.69) is 10.3 Å². The van der Waals surface area contributed by atoms with Crippen molar-refractivity contribution in [2.75, 3.05) is 5.32 Å². The molecule has 0 spiro atoms. The van der Waals surface area contributed by atoms with Crippen molar-refractivity contribution in [2.24, 2.45) is 0 Å². The summed E-state index contributed by atoms with van der Waals surface area (Å²) in [6, 6.07) is 6.83. The summed E-state index contributed by atoms with van der Waals surface area (Å²) in [6.07, 6.45) is -1.15. The molecule has 6 heteroatoms. The molecule has 1 aliphatic rings. The number of aromatic nitrogens is 1. The number of pyridine rings is 1. The first-order valence-corrected chi connectivity index (χ1v) is 6.36. The molecule has 0 saturated carbocycles. The summed E-state index contributed by atoms with van der Waals surface area (Å²) >= 11 is 0. The summed E-state index contributed by atoms with van der Waals surface area (Å²) in [7, 11) is 0. The van der Waals surface area contributed by atoms with Crippen LogP contribution in [0.2, 0.25) is 0 Å². The molecule has 21 heavy (non-hydrogen) atoms. The first kappa shape index (κ1) is 13.6. The Bertz CT molecular complexity index is 683. The van der Waals surface area contributed by atoms with Crippen molar-refractivity contribution in [3.8, 4) is 0 Å². The van der Waals surface area contributed by atoms with Crippen molar-refractivity contribution in [1.82, 2.24) is 4.98 Å². The Morgan fingerprint density at radius 3 is 2.52 bits per heavy atom. The number of fused-ring (bicyclic) bond motifs is 1. The highest BCUT2D eigenvalue weighted by Crippen LogP contribution is 2.40. The monoisotopic (exact) mass is 292 g/mol. The maximum Gasteiger partial charge on any atom is 0.416 e. The summed E-state index contributed by atoms with van der Waals surface area (Å²) < 4.78 is 38.6. The van der Waals surface area contributed by atoms with Crippen molar-refractivity contribution < 1.29 is 18.0 Å². The largest absolute Gasteiger partial charge is 0.416 e. The van der Waals surface area contributed by atoms with E-state index in [9.17, 15) is 18.0 Å². The number of anilines is 1. The SMILES string of the molecule is O=C1CC(c2ccncc2)c2cc(C(F)(F)F)ccc2N1. The van der Waals surface area contributed by atoms with Gasteiger partial charge < -0.3 is 5.32 Å². The molecule has 1 atom stereocenters. The van der Waals surface area contributed by atoms with Crippen molar-refractivity contribution >= 4 is 11.6 Å². The third kappa shape index (κ3) is 2.61. The number of hydrogen-bond acceptors (Lipinski definition) is 2. The average molecular weight is 292 g/mol. The van der Waals surface area contributed by atoms with E-state index in [0.717, 1.165) is 17.7 Å². The van der Waals surface area contributed by atoms with Gasteiger partial charge >= 0.3 is 6.18 Å². The van der Waals surface area contributed by atoms with Gasteiger partial charge in [0.2, 0.25) is 5.91 Å². The second kappa shape index (κ2) is 4.87. The van der Waals surface area contributed by atoms with Crippen molar-refractivity contribution in [3.63, 3.8) is 0 Å². The van der Waals surface area contributed by atoms with E-state index in [-0.39, 0.29) is 18.2 Å². The molecule has 2 aromatic rings. The van der Waals surface area contributed by atoms with Crippen LogP contribution in [-0.2, 0) is 11.0 Å². The third-order valence-electron chi connectivity index (χ3n) is 3.53. The highest BCUT2D eigenvalue weighted by Gasteiger charge is 2.34. The zero-order valence-corrected chi connectivity index (χ0v) is 10.8. The number of halogens is 3. The van der Waals surface area contributed by atoms with Gasteiger partial charge in [0.1, 0.15) is 0 Å². The number of nitrogens with one attached hydrogen (secondary N) is 1. The summed E-state index contributed by atoms with van der Waals surface area (Å²) in [5.74, 6) is -0.594. The highest BCUT2D eigenvalue weighted by atomic mass is 19.4. The lowest BCUT2D eigenvalue weighted by Crippen LogP contribution is -2.24. The van der Waals surface area contributed by atoms with E-state index in [1.54, 1.807) is 24.5 Å². The molecule has 2 heterocycles. The van der Waals surface area contributed by atoms with Crippen LogP contribution in [0.1, 0.15) is 29.0 Å². The smallest absolute Gasteiger partial charge is 0.326 e. The Kier molecular flexibility index (Phi) is 3.16. The number of carbonyl (C=O) groups excluding carboxylic acids is 1. The predicted octanol–water partition coefficient (Wildman–Crippen LogP) is 3.57. The van der Waals surface area contributed by atoms with Gasteiger partial charge in [-0.05, 0) is 41.5 Å². The Morgan fingerprint density at radius 2 is 1.86 bits per heavy atom. The van der Waals surface area contributed by atoms with Gasteiger partial charge in [-0.25, -0.2) is 0 Å². The molecule has 0 bridgehead atoms. The Balaban J connectivity index is 2.12. The number of alkyl halides is 3. The van der Waals surface area contributed by atoms with Gasteiger partial charge in [0.25, 0.3) is 0 Å². The molecule has 0 fully saturated rings. The number of carbonyl (C=O) groups is 1. The summed E-state index contributed by atoms with van der Waals surface area (Å²) in [5, 5.41) is 2.62. The lowest BCUT2D eigenvalue weighted by atomic mass is 9.84. The van der Waals surface area contributed by atoms with Crippen LogP contribution in [0.25, 0.3) is 0 Å². The lowest BCUT2D eigenvalue weighted by Gasteiger charge is -2.26. The minimum atomic E-state index is -4.40. The van der Waals surface area contributed by atoms with Gasteiger partial charge in [-0.1, -0.05) is 0 Å². The van der Waals surface area contributed by atoms with Gasteiger partial charge in [0.15, 0.2) is 0 Å². The maximum atomic E-state index is 12.9. The molecule has 0 saturated heterocycles. The zero-order valence-electron chi connectivity index (χ0n) is 10.8. The van der Waals surface area contributed by atoms with Crippen molar-refractivity contribution in [1.29, 1.82) is 0 Å². The van der Waals surface area contributed by atoms with Gasteiger partial charge in [-0.15, -0.1) is 0 Å². The number of rotatable bonds is 1. The van der Waals surface area contributed by atoms with E-state index in [1.807, 2.05) is 0 Å². The molecular weight excluding hydrogens is 281 g/mol. The van der Waals surface area contributed by atoms with Crippen LogP contribution in [0.4, 0.5) is 18.9 Å². The fraction of sp³-hybridized carbons (Fsp3) is 0.200. The Hall–Kier alpha value is -2.37. The first-order valence-electron chi connectivity index (χ1n) is 6.36. The zero-order chi connectivity index (χ0) is 15.0. The van der Waals surface area contributed by atoms with Crippen LogP contribution in [0.5, 0.6) is 0 Å². The molecule has 1 unspecified atom stereocenters. The number of hydrogen-bond donors (Lipinski definition) is 1. The summed E-state index contributed by atoms with van der Waals surface area (Å²) in [4.78, 5) is 15.6. The second-order valence-corrected chi connectivity index (χ2v) is 4.89. The molecule has 0 radical (unpaired) electrons. The van der Waals surface area contributed by atoms with E-state index >= 15 is 0 Å². The number of amides is 1. The minimum absolute atomic E-state index is 0.123. The van der Waals surface area contributed by atoms with Crippen LogP contribution < -0.4 is 5.32 Å². The van der Waals surface area contributed by atoms with Crippen LogP contribution in [0.15, 0.2) is 42.7 Å². The molecule has 0 aliphatic carbocycles. The predicted molar refractivity (Wildman–Crippen MR) is 70.8 cm³/mol. The van der Waals surface area contributed by atoms with Gasteiger partial charge in [-0.2, -0.15) is 13.2 Å². The Morgan fingerprint density at radius 1 is 1.14 bits per heavy atom. The molecule has 1 amide bonds. The molecule has 1 aliphatic heterocycles. The third-order valence-corrected chi connectivity index (χ3v) is 3.53. The van der Waals surface area contributed by atoms with Gasteiger partial charge in [-0.3, -0.25) is 9.78 Å². The Labute approximate surface area is 118 Å². The summed E-state index contributed by atoms with van der Waals surface area (Å²) in [6.45, 7) is 0. The molecule has 1 N–H and O–H groups in total. The molecule has 1 aromatic heterocycles. The van der Waals surface area contributed by atoms with E-state index in [1.165, 1.54) is 6.07 Å². The maximum absolute atomic E-state index is 12.9. The molecule has 3 rings (SSSR count). The lowest BCUT2D eigenvalue weighted by molar-refractivity contribution is -0.137. The van der Waals surface area contributed by atoms with Crippen molar-refractivity contribution in [2.45, 2.75) is 18.5 Å². The molecule has 1 aromatic carbocycles. The normalized spacial score (nSPS) is 18.0. The fourth-order valence-electron chi connectivity index (χ4n) is 2.53. The van der Waals surface area contributed by atoms with Crippen LogP contribution >= 0.6 is 0 Å². The molecule has 3 nitrogen and oxygen atoms in total. The van der Waals surface area contributed by atoms with Crippen LogP contribution in [0.3, 0.4) is 0 Å². The number of benzene rings is 1. The van der Waals surface area contributed by atoms with E-state index < -0.39 is 11.7 Å². The quantitative estimate of drug-likeness (QED) is 0.873. The van der Waals surface area contributed by atoms with Crippen LogP contribution in [0, 0.1) is 0 Å². The topological polar surface area (TPSA) is 42.0 Å². The molecular formula is C15H11F3N2O. The van der Waals surface area contributed by atoms with Crippen molar-refractivity contribution in [3.05, 3.63) is 59.4 Å². The standard InChI is InChI=1S/C15H11F3N2O/c16-15(17,18)10-1-2-13-12(7-10)11(8-14(21)20-13)9-3-5-19-6-4-9/h1-7,11H,8H2,(H,20,21). The van der Waals surface area contributed by atoms with E-state index in [4.69, 9.17) is 0 Å². The van der Waals surface area contributed by atoms with E-state index in [0.29, 0.717) is 11.3 Å². The minimum Gasteiger partial charge on any atom is -0.326 e. The second-order valence-electron chi connectivity index (χ2n) is 4.89. The number of nitrogens with zero attached hydrogens (tertiary/aromatic N) is 1. The van der Waals surface area contributed by atoms with Gasteiger partial charge in [0.05, 0.1) is 5.56 Å². The summed E-state index contributed by atoms with van der Waals surface area (Å²) in [5.41, 5.74) is 0.980. The average Bonchev–Trinajstić information content (AvgIpc) is 2.46. The van der Waals surface area contributed by atoms with Gasteiger partial charge in [0, 0.05) is 30.4 Å². The molecule has 108 valence electrons. The van der Waals surface area contributed by atoms with Crippen LogP contribution in [-0.4, -0.2) is 10.9 Å². The fourth-order valence-corrected chi connectivity index (χ4v) is 2.53. The first-order chi connectivity index (χ1) is 9.95. The highest BCUT2D eigenvalue weighted by molar-refractivity contribution is 5.95.